The molecule has 0 radical (unpaired) electrons. The normalized spacial score (nSPS) is 18.9. The minimum atomic E-state index is -3.06. The lowest BCUT2D eigenvalue weighted by atomic mass is 10.2. The standard InChI is InChI=1S/C19H26N4O3S/c1-22(2)9-10-23(18-8-11-27(25,26)15-18)14-17(12-20)19(24)21-13-16-6-4-3-5-7-16/h3-7,14,18H,8-11,13,15H2,1-2H3,(H,21,24)/b17-14-. The second-order valence-electron chi connectivity index (χ2n) is 6.92. The number of hydrogen-bond acceptors (Lipinski definition) is 6. The van der Waals surface area contributed by atoms with Crippen LogP contribution in [0.3, 0.4) is 0 Å². The molecule has 2 rings (SSSR count). The summed E-state index contributed by atoms with van der Waals surface area (Å²) in [4.78, 5) is 16.2. The van der Waals surface area contributed by atoms with E-state index in [0.717, 1.165) is 5.56 Å². The Morgan fingerprint density at radius 3 is 2.56 bits per heavy atom. The van der Waals surface area contributed by atoms with Gasteiger partial charge in [0.15, 0.2) is 9.84 Å². The van der Waals surface area contributed by atoms with Crippen LogP contribution in [0.2, 0.25) is 0 Å². The number of amides is 1. The first-order valence-corrected chi connectivity index (χ1v) is 10.7. The lowest BCUT2D eigenvalue weighted by molar-refractivity contribution is -0.117. The maximum absolute atomic E-state index is 12.4. The number of carbonyl (C=O) groups is 1. The second-order valence-corrected chi connectivity index (χ2v) is 9.15. The van der Waals surface area contributed by atoms with Crippen LogP contribution in [0.1, 0.15) is 12.0 Å². The molecule has 1 heterocycles. The molecule has 1 aromatic carbocycles. The zero-order valence-electron chi connectivity index (χ0n) is 15.8. The number of nitriles is 1. The van der Waals surface area contributed by atoms with E-state index in [1.165, 1.54) is 6.20 Å². The highest BCUT2D eigenvalue weighted by Gasteiger charge is 2.31. The summed E-state index contributed by atoms with van der Waals surface area (Å²) in [6, 6.07) is 11.2. The maximum atomic E-state index is 12.4. The van der Waals surface area contributed by atoms with Gasteiger partial charge in [0.1, 0.15) is 11.6 Å². The number of nitrogens with zero attached hydrogens (tertiary/aromatic N) is 3. The van der Waals surface area contributed by atoms with E-state index in [2.05, 4.69) is 5.32 Å². The SMILES string of the molecule is CN(C)CCN(/C=C(/C#N)C(=O)NCc1ccccc1)C1CCS(=O)(=O)C1. The van der Waals surface area contributed by atoms with Crippen molar-refractivity contribution in [2.24, 2.45) is 0 Å². The fourth-order valence-corrected chi connectivity index (χ4v) is 4.62. The minimum Gasteiger partial charge on any atom is -0.371 e. The van der Waals surface area contributed by atoms with Crippen molar-refractivity contribution < 1.29 is 13.2 Å². The predicted molar refractivity (Wildman–Crippen MR) is 104 cm³/mol. The smallest absolute Gasteiger partial charge is 0.263 e. The zero-order chi connectivity index (χ0) is 19.9. The number of rotatable bonds is 8. The monoisotopic (exact) mass is 390 g/mol. The highest BCUT2D eigenvalue weighted by atomic mass is 32.2. The Hall–Kier alpha value is -2.37. The van der Waals surface area contributed by atoms with Crippen LogP contribution < -0.4 is 5.32 Å². The maximum Gasteiger partial charge on any atom is 0.263 e. The van der Waals surface area contributed by atoms with Crippen molar-refractivity contribution in [2.75, 3.05) is 38.7 Å². The van der Waals surface area contributed by atoms with Gasteiger partial charge in [-0.2, -0.15) is 5.26 Å². The Morgan fingerprint density at radius 2 is 2.00 bits per heavy atom. The number of hydrogen-bond donors (Lipinski definition) is 1. The van der Waals surface area contributed by atoms with Crippen LogP contribution in [0.25, 0.3) is 0 Å². The molecule has 1 aromatic rings. The van der Waals surface area contributed by atoms with Crippen LogP contribution in [0.5, 0.6) is 0 Å². The first-order valence-electron chi connectivity index (χ1n) is 8.85. The molecule has 1 atom stereocenters. The van der Waals surface area contributed by atoms with Gasteiger partial charge in [0, 0.05) is 31.9 Å². The summed E-state index contributed by atoms with van der Waals surface area (Å²) in [5.41, 5.74) is 0.920. The van der Waals surface area contributed by atoms with E-state index in [4.69, 9.17) is 0 Å². The van der Waals surface area contributed by atoms with Crippen LogP contribution in [0.4, 0.5) is 0 Å². The Balaban J connectivity index is 2.10. The third kappa shape index (κ3) is 6.70. The Labute approximate surface area is 161 Å². The van der Waals surface area contributed by atoms with Crippen molar-refractivity contribution in [3.05, 3.63) is 47.7 Å². The lowest BCUT2D eigenvalue weighted by Crippen LogP contribution is -2.38. The van der Waals surface area contributed by atoms with Crippen molar-refractivity contribution >= 4 is 15.7 Å². The van der Waals surface area contributed by atoms with Gasteiger partial charge >= 0.3 is 0 Å². The van der Waals surface area contributed by atoms with Gasteiger partial charge in [-0.25, -0.2) is 8.42 Å². The van der Waals surface area contributed by atoms with Crippen LogP contribution in [-0.2, 0) is 21.2 Å². The van der Waals surface area contributed by atoms with Crippen LogP contribution in [-0.4, -0.2) is 68.9 Å². The van der Waals surface area contributed by atoms with E-state index in [9.17, 15) is 18.5 Å². The van der Waals surface area contributed by atoms with Crippen LogP contribution in [0.15, 0.2) is 42.1 Å². The Kier molecular flexibility index (Phi) is 7.39. The molecule has 7 nitrogen and oxygen atoms in total. The van der Waals surface area contributed by atoms with Gasteiger partial charge in [0.25, 0.3) is 5.91 Å². The molecule has 0 aliphatic carbocycles. The first-order chi connectivity index (χ1) is 12.8. The lowest BCUT2D eigenvalue weighted by Gasteiger charge is -2.28. The molecule has 146 valence electrons. The molecule has 27 heavy (non-hydrogen) atoms. The molecule has 0 aromatic heterocycles. The first kappa shape index (κ1) is 20.9. The molecule has 1 saturated heterocycles. The summed E-state index contributed by atoms with van der Waals surface area (Å²) >= 11 is 0. The number of sulfone groups is 1. The highest BCUT2D eigenvalue weighted by Crippen LogP contribution is 2.19. The van der Waals surface area contributed by atoms with Gasteiger partial charge in [0.05, 0.1) is 11.5 Å². The van der Waals surface area contributed by atoms with Crippen molar-refractivity contribution in [3.8, 4) is 6.07 Å². The topological polar surface area (TPSA) is 93.5 Å². The van der Waals surface area contributed by atoms with E-state index >= 15 is 0 Å². The molecule has 0 bridgehead atoms. The second kappa shape index (κ2) is 9.53. The third-order valence-electron chi connectivity index (χ3n) is 4.44. The largest absolute Gasteiger partial charge is 0.371 e. The summed E-state index contributed by atoms with van der Waals surface area (Å²) in [5.74, 6) is -0.259. The number of likely N-dealkylation sites (N-methyl/N-ethyl adjacent to an activating group) is 1. The van der Waals surface area contributed by atoms with Gasteiger partial charge in [-0.15, -0.1) is 0 Å². The van der Waals surface area contributed by atoms with Crippen molar-refractivity contribution in [3.63, 3.8) is 0 Å². The molecule has 0 saturated carbocycles. The molecule has 0 spiro atoms. The van der Waals surface area contributed by atoms with Gasteiger partial charge < -0.3 is 15.1 Å². The van der Waals surface area contributed by atoms with E-state index in [-0.39, 0.29) is 23.1 Å². The van der Waals surface area contributed by atoms with Gasteiger partial charge in [0.2, 0.25) is 0 Å². The summed E-state index contributed by atoms with van der Waals surface area (Å²) in [5, 5.41) is 12.2. The average Bonchev–Trinajstić information content (AvgIpc) is 3.00. The fourth-order valence-electron chi connectivity index (χ4n) is 2.88. The Morgan fingerprint density at radius 1 is 1.30 bits per heavy atom. The minimum absolute atomic E-state index is 0.0195. The zero-order valence-corrected chi connectivity index (χ0v) is 16.6. The van der Waals surface area contributed by atoms with E-state index < -0.39 is 15.7 Å². The van der Waals surface area contributed by atoms with Crippen molar-refractivity contribution in [1.29, 1.82) is 5.26 Å². The molecule has 1 fully saturated rings. The summed E-state index contributed by atoms with van der Waals surface area (Å²) < 4.78 is 23.7. The molecular weight excluding hydrogens is 364 g/mol. The van der Waals surface area contributed by atoms with Crippen LogP contribution >= 0.6 is 0 Å². The quantitative estimate of drug-likeness (QED) is 0.520. The average molecular weight is 391 g/mol. The number of benzene rings is 1. The van der Waals surface area contributed by atoms with E-state index in [1.54, 1.807) is 0 Å². The molecule has 1 unspecified atom stereocenters. The Bertz CT molecular complexity index is 813. The number of nitrogens with one attached hydrogen (secondary N) is 1. The molecular formula is C19H26N4O3S. The van der Waals surface area contributed by atoms with Gasteiger partial charge in [-0.1, -0.05) is 30.3 Å². The summed E-state index contributed by atoms with van der Waals surface area (Å²) in [7, 11) is 0.787. The van der Waals surface area contributed by atoms with Crippen molar-refractivity contribution in [1.82, 2.24) is 15.1 Å². The van der Waals surface area contributed by atoms with Crippen molar-refractivity contribution in [2.45, 2.75) is 19.0 Å². The molecule has 1 N–H and O–H groups in total. The van der Waals surface area contributed by atoms with Crippen LogP contribution in [0, 0.1) is 11.3 Å². The van der Waals surface area contributed by atoms with Gasteiger partial charge in [-0.05, 0) is 26.1 Å². The molecule has 1 aliphatic heterocycles. The molecule has 8 heteroatoms. The van der Waals surface area contributed by atoms with E-state index in [1.807, 2.05) is 60.3 Å². The third-order valence-corrected chi connectivity index (χ3v) is 6.19. The molecule has 1 aliphatic rings. The summed E-state index contributed by atoms with van der Waals surface area (Å²) in [6.45, 7) is 1.57. The highest BCUT2D eigenvalue weighted by molar-refractivity contribution is 7.91. The van der Waals surface area contributed by atoms with Gasteiger partial charge in [-0.3, -0.25) is 4.79 Å². The predicted octanol–water partition coefficient (Wildman–Crippen LogP) is 0.761. The number of carbonyl (C=O) groups excluding carboxylic acids is 1. The molecule has 1 amide bonds. The fraction of sp³-hybridized carbons (Fsp3) is 0.474. The van der Waals surface area contributed by atoms with E-state index in [0.29, 0.717) is 26.1 Å². The summed E-state index contributed by atoms with van der Waals surface area (Å²) in [6.07, 6.45) is 2.02.